The van der Waals surface area contributed by atoms with Gasteiger partial charge in [-0.2, -0.15) is 13.2 Å². The highest BCUT2D eigenvalue weighted by Crippen LogP contribution is 2.37. The van der Waals surface area contributed by atoms with Gasteiger partial charge in [-0.3, -0.25) is 15.1 Å². The third-order valence-electron chi connectivity index (χ3n) is 3.36. The maximum absolute atomic E-state index is 13.1. The summed E-state index contributed by atoms with van der Waals surface area (Å²) in [6.45, 7) is 0. The molecule has 128 valence electrons. The topological polar surface area (TPSA) is 108 Å². The Bertz CT molecular complexity index is 1010. The van der Waals surface area contributed by atoms with Gasteiger partial charge >= 0.3 is 11.9 Å². The van der Waals surface area contributed by atoms with E-state index in [1.165, 1.54) is 18.3 Å². The molecule has 3 aromatic rings. The lowest BCUT2D eigenvalue weighted by Gasteiger charge is -2.11. The Kier molecular flexibility index (Phi) is 3.91. The predicted molar refractivity (Wildman–Crippen MR) is 83.8 cm³/mol. The van der Waals surface area contributed by atoms with Crippen LogP contribution in [-0.2, 0) is 6.18 Å². The first kappa shape index (κ1) is 16.8. The first-order chi connectivity index (χ1) is 11.7. The summed E-state index contributed by atoms with van der Waals surface area (Å²) < 4.78 is 39.4. The number of pyridine rings is 3. The maximum atomic E-state index is 13.1. The lowest BCUT2D eigenvalue weighted by atomic mass is 10.1. The summed E-state index contributed by atoms with van der Waals surface area (Å²) in [5.41, 5.74) is 3.25. The molecular weight excluding hydrogens is 363 g/mol. The summed E-state index contributed by atoms with van der Waals surface area (Å²) >= 11 is 5.74. The summed E-state index contributed by atoms with van der Waals surface area (Å²) in [4.78, 5) is 21.7. The van der Waals surface area contributed by atoms with Crippen LogP contribution in [0.1, 0.15) is 5.56 Å². The number of anilines is 1. The van der Waals surface area contributed by atoms with Crippen molar-refractivity contribution >= 4 is 34.0 Å². The van der Waals surface area contributed by atoms with Gasteiger partial charge in [-0.1, -0.05) is 11.6 Å². The highest BCUT2D eigenvalue weighted by Gasteiger charge is 2.34. The normalized spacial score (nSPS) is 11.7. The molecule has 3 heterocycles. The van der Waals surface area contributed by atoms with Crippen LogP contribution in [0.3, 0.4) is 0 Å². The molecule has 0 amide bonds. The highest BCUT2D eigenvalue weighted by atomic mass is 35.5. The van der Waals surface area contributed by atoms with Crippen LogP contribution in [-0.4, -0.2) is 19.9 Å². The van der Waals surface area contributed by atoms with Crippen LogP contribution in [0.4, 0.5) is 24.5 Å². The van der Waals surface area contributed by atoms with Gasteiger partial charge in [0.2, 0.25) is 5.15 Å². The summed E-state index contributed by atoms with van der Waals surface area (Å²) in [5, 5.41) is 10.6. The second kappa shape index (κ2) is 5.81. The van der Waals surface area contributed by atoms with Crippen LogP contribution in [0, 0.1) is 10.1 Å². The number of aromatic nitrogens is 3. The van der Waals surface area contributed by atoms with Crippen LogP contribution in [0.15, 0.2) is 30.5 Å². The summed E-state index contributed by atoms with van der Waals surface area (Å²) in [5.74, 6) is 0. The van der Waals surface area contributed by atoms with Crippen molar-refractivity contribution < 1.29 is 18.1 Å². The molecule has 0 aliphatic carbocycles. The van der Waals surface area contributed by atoms with Crippen LogP contribution >= 0.6 is 11.6 Å². The summed E-state index contributed by atoms with van der Waals surface area (Å²) in [6.07, 6.45) is -3.43. The first-order valence-electron chi connectivity index (χ1n) is 6.63. The minimum atomic E-state index is -4.63. The number of fused-ring (bicyclic) bond motifs is 1. The molecule has 0 aliphatic rings. The van der Waals surface area contributed by atoms with Crippen molar-refractivity contribution in [1.29, 1.82) is 0 Å². The number of nitro groups is 1. The Morgan fingerprint density at radius 3 is 2.56 bits per heavy atom. The quantitative estimate of drug-likeness (QED) is 0.417. The van der Waals surface area contributed by atoms with Gasteiger partial charge in [-0.05, 0) is 24.3 Å². The standard InChI is InChI=1S/C14H7ClF3N5O2/c15-12-11(23(24)25)9(19)6-3-4-8(21-13(6)22-12)10-7(14(16,17)18)2-1-5-20-10/h1-5H,(H2,19,21,22). The number of halogens is 4. The molecule has 25 heavy (non-hydrogen) atoms. The maximum Gasteiger partial charge on any atom is 0.418 e. The minimum Gasteiger partial charge on any atom is -0.392 e. The zero-order valence-electron chi connectivity index (χ0n) is 12.1. The van der Waals surface area contributed by atoms with Crippen molar-refractivity contribution in [3.05, 3.63) is 51.3 Å². The van der Waals surface area contributed by atoms with Crippen LogP contribution in [0.2, 0.25) is 5.15 Å². The van der Waals surface area contributed by atoms with Crippen molar-refractivity contribution in [3.8, 4) is 11.4 Å². The highest BCUT2D eigenvalue weighted by molar-refractivity contribution is 6.32. The third kappa shape index (κ3) is 2.91. The monoisotopic (exact) mass is 369 g/mol. The molecule has 0 radical (unpaired) electrons. The fraction of sp³-hybridized carbons (Fsp3) is 0.0714. The molecule has 0 bridgehead atoms. The van der Waals surface area contributed by atoms with E-state index in [9.17, 15) is 23.3 Å². The van der Waals surface area contributed by atoms with Crippen molar-refractivity contribution in [3.63, 3.8) is 0 Å². The molecule has 2 N–H and O–H groups in total. The van der Waals surface area contributed by atoms with E-state index in [1.807, 2.05) is 0 Å². The van der Waals surface area contributed by atoms with Gasteiger partial charge in [-0.25, -0.2) is 9.97 Å². The third-order valence-corrected chi connectivity index (χ3v) is 3.62. The van der Waals surface area contributed by atoms with E-state index in [-0.39, 0.29) is 22.4 Å². The zero-order valence-corrected chi connectivity index (χ0v) is 12.8. The largest absolute Gasteiger partial charge is 0.418 e. The molecule has 11 heteroatoms. The number of nitrogens with zero attached hydrogens (tertiary/aromatic N) is 4. The molecule has 0 atom stereocenters. The zero-order chi connectivity index (χ0) is 18.4. The second-order valence-electron chi connectivity index (χ2n) is 4.89. The molecule has 0 aromatic carbocycles. The molecule has 0 saturated heterocycles. The van der Waals surface area contributed by atoms with E-state index in [1.54, 1.807) is 0 Å². The SMILES string of the molecule is Nc1c([N+](=O)[O-])c(Cl)nc2nc(-c3ncccc3C(F)(F)F)ccc12. The van der Waals surface area contributed by atoms with Gasteiger partial charge in [0.05, 0.1) is 16.2 Å². The number of alkyl halides is 3. The predicted octanol–water partition coefficient (Wildman–Crippen LogP) is 3.85. The average molecular weight is 370 g/mol. The Labute approximate surface area is 142 Å². The molecule has 7 nitrogen and oxygen atoms in total. The van der Waals surface area contributed by atoms with Gasteiger partial charge < -0.3 is 5.73 Å². The van der Waals surface area contributed by atoms with E-state index in [4.69, 9.17) is 17.3 Å². The van der Waals surface area contributed by atoms with Gasteiger partial charge in [0.25, 0.3) is 0 Å². The second-order valence-corrected chi connectivity index (χ2v) is 5.25. The molecule has 0 aliphatic heterocycles. The van der Waals surface area contributed by atoms with Crippen LogP contribution < -0.4 is 5.73 Å². The van der Waals surface area contributed by atoms with Gasteiger partial charge in [0, 0.05) is 11.6 Å². The number of hydrogen-bond donors (Lipinski definition) is 1. The minimum absolute atomic E-state index is 0.101. The molecule has 3 rings (SSSR count). The lowest BCUT2D eigenvalue weighted by molar-refractivity contribution is -0.383. The molecule has 3 aromatic heterocycles. The van der Waals surface area contributed by atoms with Crippen molar-refractivity contribution in [2.75, 3.05) is 5.73 Å². The molecule has 0 unspecified atom stereocenters. The number of nitrogen functional groups attached to an aromatic ring is 1. The van der Waals surface area contributed by atoms with Crippen molar-refractivity contribution in [1.82, 2.24) is 15.0 Å². The van der Waals surface area contributed by atoms with Crippen molar-refractivity contribution in [2.45, 2.75) is 6.18 Å². The fourth-order valence-corrected chi connectivity index (χ4v) is 2.52. The Hall–Kier alpha value is -3.01. The van der Waals surface area contributed by atoms with E-state index >= 15 is 0 Å². The summed E-state index contributed by atoms with van der Waals surface area (Å²) in [7, 11) is 0. The lowest BCUT2D eigenvalue weighted by Crippen LogP contribution is -2.09. The first-order valence-corrected chi connectivity index (χ1v) is 7.00. The van der Waals surface area contributed by atoms with E-state index in [0.29, 0.717) is 0 Å². The van der Waals surface area contributed by atoms with E-state index in [0.717, 1.165) is 12.1 Å². The van der Waals surface area contributed by atoms with Crippen molar-refractivity contribution in [2.24, 2.45) is 0 Å². The fourth-order valence-electron chi connectivity index (χ4n) is 2.27. The van der Waals surface area contributed by atoms with Gasteiger partial charge in [0.1, 0.15) is 11.4 Å². The number of hydrogen-bond acceptors (Lipinski definition) is 6. The Morgan fingerprint density at radius 1 is 1.20 bits per heavy atom. The van der Waals surface area contributed by atoms with Crippen LogP contribution in [0.5, 0.6) is 0 Å². The summed E-state index contributed by atoms with van der Waals surface area (Å²) in [6, 6.07) is 4.55. The molecule has 0 saturated carbocycles. The van der Waals surface area contributed by atoms with Crippen LogP contribution in [0.25, 0.3) is 22.4 Å². The Balaban J connectivity index is 2.25. The molecule has 0 fully saturated rings. The van der Waals surface area contributed by atoms with E-state index in [2.05, 4.69) is 15.0 Å². The smallest absolute Gasteiger partial charge is 0.392 e. The number of rotatable bonds is 2. The van der Waals surface area contributed by atoms with Gasteiger partial charge in [-0.15, -0.1) is 0 Å². The Morgan fingerprint density at radius 2 is 1.92 bits per heavy atom. The van der Waals surface area contributed by atoms with E-state index < -0.39 is 33.2 Å². The molecule has 0 spiro atoms. The number of nitrogens with two attached hydrogens (primary N) is 1. The average Bonchev–Trinajstić information content (AvgIpc) is 2.53. The molecular formula is C14H7ClF3N5O2. The van der Waals surface area contributed by atoms with Gasteiger partial charge in [0.15, 0.2) is 5.65 Å².